The van der Waals surface area contributed by atoms with E-state index in [0.29, 0.717) is 19.3 Å². The van der Waals surface area contributed by atoms with Gasteiger partial charge in [-0.25, -0.2) is 0 Å². The third kappa shape index (κ3) is 21.9. The summed E-state index contributed by atoms with van der Waals surface area (Å²) in [6, 6.07) is 0. The van der Waals surface area contributed by atoms with Crippen LogP contribution < -0.4 is 0 Å². The molecule has 0 aromatic carbocycles. The van der Waals surface area contributed by atoms with Gasteiger partial charge in [0, 0.05) is 25.2 Å². The van der Waals surface area contributed by atoms with E-state index in [1.54, 1.807) is 12.2 Å². The number of allylic oxidation sites excluding steroid dienone is 1. The van der Waals surface area contributed by atoms with Crippen LogP contribution in [0, 0.1) is 11.8 Å². The van der Waals surface area contributed by atoms with Crippen molar-refractivity contribution in [2.75, 3.05) is 13.2 Å². The van der Waals surface area contributed by atoms with Gasteiger partial charge in [0.2, 0.25) is 0 Å². The van der Waals surface area contributed by atoms with Crippen molar-refractivity contribution in [1.29, 1.82) is 0 Å². The van der Waals surface area contributed by atoms with Crippen molar-refractivity contribution in [3.63, 3.8) is 0 Å². The minimum atomic E-state index is -1.03. The van der Waals surface area contributed by atoms with Gasteiger partial charge < -0.3 is 24.8 Å². The summed E-state index contributed by atoms with van der Waals surface area (Å²) in [5.41, 5.74) is 0. The Morgan fingerprint density at radius 3 is 1.70 bits per heavy atom. The SMILES string of the molecule is CCCCCCCCCCCCCCC(=O)OC[C@@H](O)COC(=O)CCCCCC[C@H]1[C@@H](O)CC(=O)[C@@H]1/C=C/[C@@H](O)CCCCC. The first-order valence-corrected chi connectivity index (χ1v) is 18.8. The van der Waals surface area contributed by atoms with E-state index < -0.39 is 18.3 Å². The van der Waals surface area contributed by atoms with Gasteiger partial charge in [0.15, 0.2) is 0 Å². The Labute approximate surface area is 280 Å². The number of ether oxygens (including phenoxy) is 2. The van der Waals surface area contributed by atoms with E-state index in [2.05, 4.69) is 13.8 Å². The van der Waals surface area contributed by atoms with Crippen LogP contribution in [0.15, 0.2) is 12.2 Å². The number of aliphatic hydroxyl groups is 3. The molecule has 5 atom stereocenters. The van der Waals surface area contributed by atoms with E-state index in [9.17, 15) is 29.7 Å². The molecule has 0 radical (unpaired) electrons. The second kappa shape index (κ2) is 28.3. The maximum Gasteiger partial charge on any atom is 0.305 e. The average molecular weight is 653 g/mol. The Hall–Kier alpha value is -1.77. The predicted molar refractivity (Wildman–Crippen MR) is 183 cm³/mol. The number of ketones is 1. The Kier molecular flexibility index (Phi) is 26.0. The fraction of sp³-hybridized carbons (Fsp3) is 0.868. The molecule has 0 aromatic heterocycles. The molecule has 1 aliphatic rings. The largest absolute Gasteiger partial charge is 0.463 e. The maximum absolute atomic E-state index is 12.4. The minimum Gasteiger partial charge on any atom is -0.463 e. The van der Waals surface area contributed by atoms with Crippen LogP contribution in [0.2, 0.25) is 0 Å². The van der Waals surface area contributed by atoms with E-state index in [1.165, 1.54) is 57.8 Å². The van der Waals surface area contributed by atoms with Crippen molar-refractivity contribution < 1.29 is 39.2 Å². The van der Waals surface area contributed by atoms with Gasteiger partial charge >= 0.3 is 11.9 Å². The van der Waals surface area contributed by atoms with E-state index in [0.717, 1.165) is 64.2 Å². The van der Waals surface area contributed by atoms with Crippen LogP contribution in [-0.2, 0) is 23.9 Å². The summed E-state index contributed by atoms with van der Waals surface area (Å²) < 4.78 is 10.3. The molecule has 8 heteroatoms. The molecular weight excluding hydrogens is 584 g/mol. The summed E-state index contributed by atoms with van der Waals surface area (Å²) >= 11 is 0. The van der Waals surface area contributed by atoms with E-state index in [1.807, 2.05) is 0 Å². The van der Waals surface area contributed by atoms with Gasteiger partial charge in [-0.3, -0.25) is 14.4 Å². The first-order valence-electron chi connectivity index (χ1n) is 18.8. The lowest BCUT2D eigenvalue weighted by molar-refractivity contribution is -0.152. The maximum atomic E-state index is 12.4. The predicted octanol–water partition coefficient (Wildman–Crippen LogP) is 7.93. The molecule has 0 unspecified atom stereocenters. The average Bonchev–Trinajstić information content (AvgIpc) is 3.31. The van der Waals surface area contributed by atoms with Crippen LogP contribution >= 0.6 is 0 Å². The highest BCUT2D eigenvalue weighted by atomic mass is 16.6. The summed E-state index contributed by atoms with van der Waals surface area (Å²) in [4.78, 5) is 36.4. The lowest BCUT2D eigenvalue weighted by Gasteiger charge is -2.19. The van der Waals surface area contributed by atoms with Crippen LogP contribution in [0.3, 0.4) is 0 Å². The summed E-state index contributed by atoms with van der Waals surface area (Å²) in [6.07, 6.45) is 24.5. The smallest absolute Gasteiger partial charge is 0.305 e. The summed E-state index contributed by atoms with van der Waals surface area (Å²) in [7, 11) is 0. The molecule has 0 amide bonds. The normalized spacial score (nSPS) is 19.5. The molecule has 1 aliphatic carbocycles. The number of aliphatic hydroxyl groups excluding tert-OH is 3. The fourth-order valence-electron chi connectivity index (χ4n) is 6.23. The first-order chi connectivity index (χ1) is 22.3. The molecule has 0 spiro atoms. The lowest BCUT2D eigenvalue weighted by atomic mass is 9.88. The van der Waals surface area contributed by atoms with Gasteiger partial charge in [-0.1, -0.05) is 135 Å². The zero-order valence-electron chi connectivity index (χ0n) is 29.3. The molecule has 1 saturated carbocycles. The highest BCUT2D eigenvalue weighted by Crippen LogP contribution is 2.34. The third-order valence-corrected chi connectivity index (χ3v) is 9.16. The molecule has 1 rings (SSSR count). The minimum absolute atomic E-state index is 0.0359. The number of Topliss-reactive ketones (excluding diaryl/α,β-unsaturated/α-hetero) is 1. The molecular formula is C38H68O8. The zero-order valence-corrected chi connectivity index (χ0v) is 29.3. The molecule has 3 N–H and O–H groups in total. The Morgan fingerprint density at radius 1 is 0.717 bits per heavy atom. The fourth-order valence-corrected chi connectivity index (χ4v) is 6.23. The molecule has 8 nitrogen and oxygen atoms in total. The molecule has 1 fully saturated rings. The number of hydrogen-bond acceptors (Lipinski definition) is 8. The van der Waals surface area contributed by atoms with Crippen LogP contribution in [0.25, 0.3) is 0 Å². The summed E-state index contributed by atoms with van der Waals surface area (Å²) in [5.74, 6) is -1.15. The molecule has 0 aliphatic heterocycles. The zero-order chi connectivity index (χ0) is 33.8. The highest BCUT2D eigenvalue weighted by Gasteiger charge is 2.39. The van der Waals surface area contributed by atoms with Gasteiger partial charge in [-0.05, 0) is 31.6 Å². The molecule has 0 saturated heterocycles. The Morgan fingerprint density at radius 2 is 1.17 bits per heavy atom. The number of rotatable bonds is 30. The van der Waals surface area contributed by atoms with Crippen LogP contribution in [0.4, 0.5) is 0 Å². The van der Waals surface area contributed by atoms with Crippen molar-refractivity contribution in [2.24, 2.45) is 11.8 Å². The van der Waals surface area contributed by atoms with Gasteiger partial charge in [0.05, 0.1) is 12.2 Å². The van der Waals surface area contributed by atoms with Gasteiger partial charge in [0.1, 0.15) is 25.1 Å². The van der Waals surface area contributed by atoms with Gasteiger partial charge in [0.25, 0.3) is 0 Å². The second-order valence-corrected chi connectivity index (χ2v) is 13.5. The Balaban J connectivity index is 2.04. The number of unbranched alkanes of at least 4 members (excludes halogenated alkanes) is 16. The number of hydrogen-bond donors (Lipinski definition) is 3. The number of carbonyl (C=O) groups is 3. The summed E-state index contributed by atoms with van der Waals surface area (Å²) in [5, 5.41) is 30.6. The van der Waals surface area contributed by atoms with Crippen LogP contribution in [-0.4, -0.2) is 64.6 Å². The molecule has 46 heavy (non-hydrogen) atoms. The molecule has 0 bridgehead atoms. The Bertz CT molecular complexity index is 813. The van der Waals surface area contributed by atoms with Crippen LogP contribution in [0.5, 0.6) is 0 Å². The number of carbonyl (C=O) groups excluding carboxylic acids is 3. The van der Waals surface area contributed by atoms with Gasteiger partial charge in [-0.2, -0.15) is 0 Å². The quantitative estimate of drug-likeness (QED) is 0.0405. The summed E-state index contributed by atoms with van der Waals surface area (Å²) in [6.45, 7) is 3.99. The molecule has 268 valence electrons. The highest BCUT2D eigenvalue weighted by molar-refractivity contribution is 5.86. The van der Waals surface area contributed by atoms with Crippen molar-refractivity contribution in [1.82, 2.24) is 0 Å². The van der Waals surface area contributed by atoms with E-state index in [-0.39, 0.29) is 55.6 Å². The lowest BCUT2D eigenvalue weighted by Crippen LogP contribution is -2.25. The van der Waals surface area contributed by atoms with E-state index >= 15 is 0 Å². The van der Waals surface area contributed by atoms with Crippen LogP contribution in [0.1, 0.15) is 168 Å². The third-order valence-electron chi connectivity index (χ3n) is 9.16. The van der Waals surface area contributed by atoms with Crippen molar-refractivity contribution in [3.8, 4) is 0 Å². The monoisotopic (exact) mass is 652 g/mol. The van der Waals surface area contributed by atoms with Gasteiger partial charge in [-0.15, -0.1) is 0 Å². The second-order valence-electron chi connectivity index (χ2n) is 13.5. The van der Waals surface area contributed by atoms with Crippen molar-refractivity contribution >= 4 is 17.7 Å². The molecule has 0 aromatic rings. The van der Waals surface area contributed by atoms with Crippen molar-refractivity contribution in [2.45, 2.75) is 186 Å². The topological polar surface area (TPSA) is 130 Å². The van der Waals surface area contributed by atoms with Crippen molar-refractivity contribution in [3.05, 3.63) is 12.2 Å². The first kappa shape index (κ1) is 42.3. The standard InChI is InChI=1S/C38H68O8/c1-3-5-7-8-9-10-11-12-13-14-15-20-24-37(43)45-29-32(40)30-46-38(44)25-21-17-16-19-23-33-34(36(42)28-35(33)41)27-26-31(39)22-18-6-4-2/h26-27,31-35,39-41H,3-25,28-30H2,1-2H3/b27-26+/t31-,32+,33+,34+,35-/m0/s1. The van der Waals surface area contributed by atoms with E-state index in [4.69, 9.17) is 9.47 Å². The number of esters is 2. The molecule has 0 heterocycles.